The second kappa shape index (κ2) is 5.58. The fraction of sp³-hybridized carbons (Fsp3) is 1.00. The van der Waals surface area contributed by atoms with Gasteiger partial charge in [-0.05, 0) is 14.1 Å². The number of hydrogen-bond donors (Lipinski definition) is 1. The lowest BCUT2D eigenvalue weighted by atomic mass is 10.2. The number of alkyl halides is 2. The quantitative estimate of drug-likeness (QED) is 0.704. The van der Waals surface area contributed by atoms with Gasteiger partial charge >= 0.3 is 0 Å². The Hall–Kier alpha value is -0.260. The van der Waals surface area contributed by atoms with Crippen LogP contribution >= 0.6 is 0 Å². The number of nitrogens with one attached hydrogen (secondary N) is 1. The Kier molecular flexibility index (Phi) is 4.71. The topological polar surface area (TPSA) is 18.5 Å². The molecule has 0 aromatic rings. The standard InChI is InChI=1S/C9H19F2N3/c1-13-3-4-14(2)8(7-13)5-12-6-9(10)11/h8-9,12H,3-7H2,1-2H3. The molecule has 1 saturated heterocycles. The molecule has 0 bridgehead atoms. The Labute approximate surface area is 84.1 Å². The molecule has 1 atom stereocenters. The fourth-order valence-corrected chi connectivity index (χ4v) is 1.68. The molecule has 1 N–H and O–H groups in total. The predicted molar refractivity (Wildman–Crippen MR) is 52.8 cm³/mol. The van der Waals surface area contributed by atoms with Crippen LogP contribution in [0.15, 0.2) is 0 Å². The summed E-state index contributed by atoms with van der Waals surface area (Å²) in [5.41, 5.74) is 0. The molecule has 0 saturated carbocycles. The Bertz CT molecular complexity index is 166. The molecular weight excluding hydrogens is 188 g/mol. The van der Waals surface area contributed by atoms with Crippen LogP contribution in [-0.4, -0.2) is 69.1 Å². The Morgan fingerprint density at radius 2 is 2.07 bits per heavy atom. The number of piperazine rings is 1. The first kappa shape index (κ1) is 11.8. The normalized spacial score (nSPS) is 25.9. The summed E-state index contributed by atoms with van der Waals surface area (Å²) in [6, 6.07) is 0.354. The van der Waals surface area contributed by atoms with Gasteiger partial charge in [-0.1, -0.05) is 0 Å². The van der Waals surface area contributed by atoms with Crippen molar-refractivity contribution in [2.45, 2.75) is 12.5 Å². The van der Waals surface area contributed by atoms with Crippen molar-refractivity contribution in [2.24, 2.45) is 0 Å². The first-order chi connectivity index (χ1) is 6.59. The van der Waals surface area contributed by atoms with Crippen LogP contribution in [-0.2, 0) is 0 Å². The molecular formula is C9H19F2N3. The van der Waals surface area contributed by atoms with E-state index in [1.165, 1.54) is 0 Å². The molecule has 0 aromatic carbocycles. The number of halogens is 2. The minimum Gasteiger partial charge on any atom is -0.310 e. The summed E-state index contributed by atoms with van der Waals surface area (Å²) >= 11 is 0. The summed E-state index contributed by atoms with van der Waals surface area (Å²) in [4.78, 5) is 4.45. The number of nitrogens with zero attached hydrogens (tertiary/aromatic N) is 2. The van der Waals surface area contributed by atoms with Gasteiger partial charge in [-0.3, -0.25) is 4.90 Å². The maximum Gasteiger partial charge on any atom is 0.250 e. The maximum absolute atomic E-state index is 11.9. The average molecular weight is 207 g/mol. The summed E-state index contributed by atoms with van der Waals surface area (Å²) in [6.07, 6.45) is -2.25. The molecule has 1 unspecified atom stereocenters. The molecule has 0 aromatic heterocycles. The molecule has 3 nitrogen and oxygen atoms in total. The summed E-state index contributed by atoms with van der Waals surface area (Å²) < 4.78 is 23.8. The molecule has 0 aliphatic carbocycles. The van der Waals surface area contributed by atoms with Crippen molar-refractivity contribution in [1.82, 2.24) is 15.1 Å². The van der Waals surface area contributed by atoms with E-state index in [-0.39, 0.29) is 6.54 Å². The highest BCUT2D eigenvalue weighted by molar-refractivity contribution is 4.80. The van der Waals surface area contributed by atoms with Crippen LogP contribution in [0.4, 0.5) is 8.78 Å². The van der Waals surface area contributed by atoms with Gasteiger partial charge in [-0.25, -0.2) is 8.78 Å². The minimum atomic E-state index is -2.25. The molecule has 1 aliphatic heterocycles. The van der Waals surface area contributed by atoms with Gasteiger partial charge in [0, 0.05) is 32.2 Å². The SMILES string of the molecule is CN1CCN(C)C(CNCC(F)F)C1. The van der Waals surface area contributed by atoms with E-state index in [0.717, 1.165) is 19.6 Å². The molecule has 5 heteroatoms. The lowest BCUT2D eigenvalue weighted by Gasteiger charge is -2.37. The van der Waals surface area contributed by atoms with Crippen LogP contribution < -0.4 is 5.32 Å². The second-order valence-corrected chi connectivity index (χ2v) is 3.95. The highest BCUT2D eigenvalue weighted by Crippen LogP contribution is 2.04. The third-order valence-corrected chi connectivity index (χ3v) is 2.66. The summed E-state index contributed by atoms with van der Waals surface area (Å²) in [5.74, 6) is 0. The Balaban J connectivity index is 2.20. The van der Waals surface area contributed by atoms with E-state index < -0.39 is 6.43 Å². The molecule has 1 fully saturated rings. The summed E-state index contributed by atoms with van der Waals surface area (Å²) in [6.45, 7) is 3.46. The van der Waals surface area contributed by atoms with Crippen molar-refractivity contribution >= 4 is 0 Å². The number of likely N-dealkylation sites (N-methyl/N-ethyl adjacent to an activating group) is 2. The van der Waals surface area contributed by atoms with Crippen molar-refractivity contribution in [3.8, 4) is 0 Å². The van der Waals surface area contributed by atoms with Gasteiger partial charge in [0.2, 0.25) is 0 Å². The minimum absolute atomic E-state index is 0.200. The zero-order valence-electron chi connectivity index (χ0n) is 8.84. The smallest absolute Gasteiger partial charge is 0.250 e. The first-order valence-corrected chi connectivity index (χ1v) is 4.97. The Morgan fingerprint density at radius 3 is 2.71 bits per heavy atom. The van der Waals surface area contributed by atoms with E-state index in [1.54, 1.807) is 0 Å². The van der Waals surface area contributed by atoms with Gasteiger partial charge in [0.05, 0.1) is 6.54 Å². The van der Waals surface area contributed by atoms with Crippen molar-refractivity contribution in [3.05, 3.63) is 0 Å². The lowest BCUT2D eigenvalue weighted by Crippen LogP contribution is -2.54. The molecule has 0 amide bonds. The zero-order chi connectivity index (χ0) is 10.6. The maximum atomic E-state index is 11.9. The highest BCUT2D eigenvalue weighted by Gasteiger charge is 2.21. The van der Waals surface area contributed by atoms with Crippen LogP contribution in [0.2, 0.25) is 0 Å². The molecule has 1 aliphatic rings. The highest BCUT2D eigenvalue weighted by atomic mass is 19.3. The van der Waals surface area contributed by atoms with E-state index in [0.29, 0.717) is 12.6 Å². The van der Waals surface area contributed by atoms with Crippen LogP contribution in [0.25, 0.3) is 0 Å². The summed E-state index contributed by atoms with van der Waals surface area (Å²) in [5, 5.41) is 2.79. The van der Waals surface area contributed by atoms with Gasteiger partial charge in [0.15, 0.2) is 0 Å². The van der Waals surface area contributed by atoms with Gasteiger partial charge in [-0.2, -0.15) is 0 Å². The largest absolute Gasteiger partial charge is 0.310 e. The summed E-state index contributed by atoms with van der Waals surface area (Å²) in [7, 11) is 4.11. The van der Waals surface area contributed by atoms with Crippen LogP contribution in [0, 0.1) is 0 Å². The average Bonchev–Trinajstić information content (AvgIpc) is 2.10. The van der Waals surface area contributed by atoms with E-state index in [4.69, 9.17) is 0 Å². The molecule has 0 radical (unpaired) electrons. The van der Waals surface area contributed by atoms with Crippen molar-refractivity contribution < 1.29 is 8.78 Å². The van der Waals surface area contributed by atoms with Gasteiger partial charge in [-0.15, -0.1) is 0 Å². The van der Waals surface area contributed by atoms with Crippen molar-refractivity contribution in [1.29, 1.82) is 0 Å². The van der Waals surface area contributed by atoms with Gasteiger partial charge in [0.25, 0.3) is 6.43 Å². The zero-order valence-corrected chi connectivity index (χ0v) is 8.84. The van der Waals surface area contributed by atoms with E-state index in [2.05, 4.69) is 22.2 Å². The van der Waals surface area contributed by atoms with Gasteiger partial charge < -0.3 is 10.2 Å². The number of rotatable bonds is 4. The van der Waals surface area contributed by atoms with E-state index >= 15 is 0 Å². The van der Waals surface area contributed by atoms with E-state index in [9.17, 15) is 8.78 Å². The van der Waals surface area contributed by atoms with Crippen molar-refractivity contribution in [2.75, 3.05) is 46.8 Å². The lowest BCUT2D eigenvalue weighted by molar-refractivity contribution is 0.103. The Morgan fingerprint density at radius 1 is 1.36 bits per heavy atom. The predicted octanol–water partition coefficient (Wildman–Crippen LogP) is 0.0869. The molecule has 0 spiro atoms. The molecule has 1 heterocycles. The molecule has 1 rings (SSSR count). The number of hydrogen-bond acceptors (Lipinski definition) is 3. The van der Waals surface area contributed by atoms with Crippen LogP contribution in [0.5, 0.6) is 0 Å². The second-order valence-electron chi connectivity index (χ2n) is 3.95. The molecule has 84 valence electrons. The van der Waals surface area contributed by atoms with Gasteiger partial charge in [0.1, 0.15) is 0 Å². The monoisotopic (exact) mass is 207 g/mol. The third-order valence-electron chi connectivity index (χ3n) is 2.66. The van der Waals surface area contributed by atoms with Crippen molar-refractivity contribution in [3.63, 3.8) is 0 Å². The van der Waals surface area contributed by atoms with Crippen LogP contribution in [0.3, 0.4) is 0 Å². The fourth-order valence-electron chi connectivity index (χ4n) is 1.68. The third kappa shape index (κ3) is 3.86. The van der Waals surface area contributed by atoms with E-state index in [1.807, 2.05) is 7.05 Å². The first-order valence-electron chi connectivity index (χ1n) is 4.97. The molecule has 14 heavy (non-hydrogen) atoms. The van der Waals surface area contributed by atoms with Crippen LogP contribution in [0.1, 0.15) is 0 Å².